The third kappa shape index (κ3) is 2.65. The minimum Gasteiger partial charge on any atom is -0.464 e. The molecule has 22 heavy (non-hydrogen) atoms. The fraction of sp³-hybridized carbons (Fsp3) is 0.176. The number of amides is 2. The highest BCUT2D eigenvalue weighted by Crippen LogP contribution is 2.29. The number of fused-ring (bicyclic) bond motifs is 3. The first-order chi connectivity index (χ1) is 10.7. The molecule has 2 N–H and O–H groups in total. The predicted molar refractivity (Wildman–Crippen MR) is 84.5 cm³/mol. The molecule has 0 aliphatic heterocycles. The number of rotatable bonds is 4. The summed E-state index contributed by atoms with van der Waals surface area (Å²) in [6.07, 6.45) is 1.79. The molecular formula is C17H16N2O3. The Morgan fingerprint density at radius 2 is 1.91 bits per heavy atom. The van der Waals surface area contributed by atoms with Crippen molar-refractivity contribution in [3.63, 3.8) is 0 Å². The van der Waals surface area contributed by atoms with E-state index in [9.17, 15) is 9.59 Å². The topological polar surface area (TPSA) is 71.3 Å². The molecule has 0 aliphatic rings. The molecule has 0 saturated carbocycles. The lowest BCUT2D eigenvalue weighted by molar-refractivity contribution is -0.125. The molecule has 0 aliphatic carbocycles. The lowest BCUT2D eigenvalue weighted by Gasteiger charge is -2.04. The van der Waals surface area contributed by atoms with Crippen LogP contribution in [0.3, 0.4) is 0 Å². The van der Waals surface area contributed by atoms with Crippen LogP contribution in [0.15, 0.2) is 47.1 Å². The highest BCUT2D eigenvalue weighted by molar-refractivity contribution is 6.08. The molecule has 2 amide bonds. The van der Waals surface area contributed by atoms with E-state index >= 15 is 0 Å². The largest absolute Gasteiger partial charge is 0.464 e. The molecule has 1 heterocycles. The zero-order valence-corrected chi connectivity index (χ0v) is 12.2. The fourth-order valence-electron chi connectivity index (χ4n) is 2.51. The fourth-order valence-corrected chi connectivity index (χ4v) is 2.51. The van der Waals surface area contributed by atoms with E-state index in [-0.39, 0.29) is 24.8 Å². The van der Waals surface area contributed by atoms with Crippen LogP contribution in [0.1, 0.15) is 5.56 Å². The van der Waals surface area contributed by atoms with Gasteiger partial charge in [0.05, 0.1) is 19.2 Å². The molecule has 0 saturated heterocycles. The molecule has 0 radical (unpaired) electrons. The van der Waals surface area contributed by atoms with E-state index in [1.54, 1.807) is 6.26 Å². The number of hydrogen-bond donors (Lipinski definition) is 2. The monoisotopic (exact) mass is 296 g/mol. The van der Waals surface area contributed by atoms with Crippen LogP contribution in [0.25, 0.3) is 21.7 Å². The molecular weight excluding hydrogens is 280 g/mol. The third-order valence-corrected chi connectivity index (χ3v) is 3.62. The van der Waals surface area contributed by atoms with Gasteiger partial charge >= 0.3 is 0 Å². The summed E-state index contributed by atoms with van der Waals surface area (Å²) in [6.45, 7) is -0.0220. The second-order valence-corrected chi connectivity index (χ2v) is 5.05. The second kappa shape index (κ2) is 5.89. The van der Waals surface area contributed by atoms with Crippen molar-refractivity contribution < 1.29 is 14.0 Å². The van der Waals surface area contributed by atoms with Gasteiger partial charge < -0.3 is 15.1 Å². The van der Waals surface area contributed by atoms with E-state index in [0.29, 0.717) is 0 Å². The van der Waals surface area contributed by atoms with Gasteiger partial charge in [-0.05, 0) is 16.8 Å². The Hall–Kier alpha value is -2.82. The average Bonchev–Trinajstić information content (AvgIpc) is 2.96. The Balaban J connectivity index is 1.89. The summed E-state index contributed by atoms with van der Waals surface area (Å²) in [5, 5.41) is 8.16. The van der Waals surface area contributed by atoms with E-state index in [4.69, 9.17) is 4.42 Å². The van der Waals surface area contributed by atoms with Gasteiger partial charge in [0.15, 0.2) is 0 Å². The summed E-state index contributed by atoms with van der Waals surface area (Å²) in [4.78, 5) is 23.1. The van der Waals surface area contributed by atoms with Crippen molar-refractivity contribution in [1.82, 2.24) is 10.6 Å². The van der Waals surface area contributed by atoms with Crippen LogP contribution in [-0.4, -0.2) is 25.4 Å². The average molecular weight is 296 g/mol. The van der Waals surface area contributed by atoms with Gasteiger partial charge in [-0.1, -0.05) is 30.3 Å². The number of carbonyl (C=O) groups excluding carboxylic acids is 2. The maximum Gasteiger partial charge on any atom is 0.239 e. The first-order valence-electron chi connectivity index (χ1n) is 7.04. The zero-order chi connectivity index (χ0) is 15.5. The maximum atomic E-state index is 12.0. The van der Waals surface area contributed by atoms with Crippen molar-refractivity contribution in [3.05, 3.63) is 48.2 Å². The van der Waals surface area contributed by atoms with Gasteiger partial charge in [0.1, 0.15) is 5.58 Å². The Morgan fingerprint density at radius 3 is 2.73 bits per heavy atom. The standard InChI is InChI=1S/C17H16N2O3/c1-18-16(21)9-19-15(20)8-12-10-22-14-7-6-11-4-2-3-5-13(11)17(12)14/h2-7,10H,8-9H2,1H3,(H,18,21)(H,19,20). The highest BCUT2D eigenvalue weighted by atomic mass is 16.3. The van der Waals surface area contributed by atoms with Crippen LogP contribution >= 0.6 is 0 Å². The zero-order valence-electron chi connectivity index (χ0n) is 12.2. The quantitative estimate of drug-likeness (QED) is 0.773. The minimum atomic E-state index is -0.226. The third-order valence-electron chi connectivity index (χ3n) is 3.62. The van der Waals surface area contributed by atoms with Gasteiger partial charge in [0.25, 0.3) is 0 Å². The molecule has 1 aromatic heterocycles. The first-order valence-corrected chi connectivity index (χ1v) is 7.04. The van der Waals surface area contributed by atoms with Gasteiger partial charge in [0, 0.05) is 18.0 Å². The number of hydrogen-bond acceptors (Lipinski definition) is 3. The Morgan fingerprint density at radius 1 is 1.09 bits per heavy atom. The molecule has 0 fully saturated rings. The Labute approximate surface area is 127 Å². The summed E-state index contributed by atoms with van der Waals surface area (Å²) < 4.78 is 5.55. The number of likely N-dealkylation sites (N-methyl/N-ethyl adjacent to an activating group) is 1. The van der Waals surface area contributed by atoms with Gasteiger partial charge in [0.2, 0.25) is 11.8 Å². The predicted octanol–water partition coefficient (Wildman–Crippen LogP) is 1.99. The van der Waals surface area contributed by atoms with E-state index in [1.165, 1.54) is 7.05 Å². The van der Waals surface area contributed by atoms with Crippen molar-refractivity contribution in [2.45, 2.75) is 6.42 Å². The summed E-state index contributed by atoms with van der Waals surface area (Å²) >= 11 is 0. The number of benzene rings is 2. The molecule has 112 valence electrons. The molecule has 0 spiro atoms. The smallest absolute Gasteiger partial charge is 0.239 e. The van der Waals surface area contributed by atoms with E-state index in [2.05, 4.69) is 10.6 Å². The lowest BCUT2D eigenvalue weighted by Crippen LogP contribution is -2.35. The second-order valence-electron chi connectivity index (χ2n) is 5.05. The minimum absolute atomic E-state index is 0.0220. The molecule has 2 aromatic carbocycles. The van der Waals surface area contributed by atoms with Crippen molar-refractivity contribution >= 4 is 33.6 Å². The Kier molecular flexibility index (Phi) is 3.78. The van der Waals surface area contributed by atoms with Crippen LogP contribution in [-0.2, 0) is 16.0 Å². The van der Waals surface area contributed by atoms with Crippen LogP contribution in [0.2, 0.25) is 0 Å². The summed E-state index contributed by atoms with van der Waals surface area (Å²) in [5.41, 5.74) is 1.58. The first kappa shape index (κ1) is 14.1. The van der Waals surface area contributed by atoms with Crippen LogP contribution in [0, 0.1) is 0 Å². The van der Waals surface area contributed by atoms with Crippen LogP contribution in [0.5, 0.6) is 0 Å². The normalized spacial score (nSPS) is 10.8. The summed E-state index contributed by atoms with van der Waals surface area (Å²) in [7, 11) is 1.53. The Bertz CT molecular complexity index is 851. The van der Waals surface area contributed by atoms with Gasteiger partial charge in [-0.2, -0.15) is 0 Å². The van der Waals surface area contributed by atoms with Gasteiger partial charge in [-0.15, -0.1) is 0 Å². The lowest BCUT2D eigenvalue weighted by atomic mass is 10.0. The molecule has 0 atom stereocenters. The summed E-state index contributed by atoms with van der Waals surface area (Å²) in [6, 6.07) is 11.9. The number of furan rings is 1. The highest BCUT2D eigenvalue weighted by Gasteiger charge is 2.13. The number of nitrogens with one attached hydrogen (secondary N) is 2. The van der Waals surface area contributed by atoms with Gasteiger partial charge in [-0.3, -0.25) is 9.59 Å². The van der Waals surface area contributed by atoms with Crippen LogP contribution < -0.4 is 10.6 Å². The summed E-state index contributed by atoms with van der Waals surface area (Å²) in [5.74, 6) is -0.435. The molecule has 5 heteroatoms. The van der Waals surface area contributed by atoms with E-state index in [1.807, 2.05) is 36.4 Å². The molecule has 0 bridgehead atoms. The van der Waals surface area contributed by atoms with Crippen molar-refractivity contribution in [1.29, 1.82) is 0 Å². The number of carbonyl (C=O) groups is 2. The SMILES string of the molecule is CNC(=O)CNC(=O)Cc1coc2ccc3ccccc3c12. The maximum absolute atomic E-state index is 12.0. The molecule has 3 rings (SSSR count). The van der Waals surface area contributed by atoms with Crippen molar-refractivity contribution in [3.8, 4) is 0 Å². The van der Waals surface area contributed by atoms with Gasteiger partial charge in [-0.25, -0.2) is 0 Å². The van der Waals surface area contributed by atoms with Crippen molar-refractivity contribution in [2.24, 2.45) is 0 Å². The van der Waals surface area contributed by atoms with E-state index < -0.39 is 0 Å². The molecule has 5 nitrogen and oxygen atoms in total. The molecule has 3 aromatic rings. The molecule has 0 unspecified atom stereocenters. The van der Waals surface area contributed by atoms with Crippen molar-refractivity contribution in [2.75, 3.05) is 13.6 Å². The van der Waals surface area contributed by atoms with Crippen LogP contribution in [0.4, 0.5) is 0 Å². The van der Waals surface area contributed by atoms with E-state index in [0.717, 1.165) is 27.3 Å².